The van der Waals surface area contributed by atoms with Gasteiger partial charge in [0.25, 0.3) is 11.1 Å². The zero-order valence-corrected chi connectivity index (χ0v) is 15.0. The van der Waals surface area contributed by atoms with Crippen molar-refractivity contribution in [2.75, 3.05) is 12.4 Å². The second kappa shape index (κ2) is 7.72. The van der Waals surface area contributed by atoms with Crippen LogP contribution in [0, 0.1) is 18.3 Å². The van der Waals surface area contributed by atoms with Crippen LogP contribution in [0.15, 0.2) is 36.5 Å². The van der Waals surface area contributed by atoms with Crippen LogP contribution in [0.3, 0.4) is 0 Å². The Hall–Kier alpha value is -3.31. The number of aromatic nitrogens is 3. The van der Waals surface area contributed by atoms with Gasteiger partial charge in [0.05, 0.1) is 25.2 Å². The Labute approximate surface area is 154 Å². The van der Waals surface area contributed by atoms with E-state index in [9.17, 15) is 4.79 Å². The van der Waals surface area contributed by atoms with E-state index >= 15 is 0 Å². The molecule has 26 heavy (non-hydrogen) atoms. The number of nitrogens with one attached hydrogen (secondary N) is 1. The molecule has 0 spiro atoms. The van der Waals surface area contributed by atoms with Crippen molar-refractivity contribution >= 4 is 22.4 Å². The van der Waals surface area contributed by atoms with Crippen molar-refractivity contribution in [2.24, 2.45) is 0 Å². The van der Waals surface area contributed by atoms with Crippen LogP contribution in [0.5, 0.6) is 5.19 Å². The minimum Gasteiger partial charge on any atom is -0.472 e. The van der Waals surface area contributed by atoms with E-state index in [2.05, 4.69) is 26.6 Å². The van der Waals surface area contributed by atoms with Crippen molar-refractivity contribution in [3.8, 4) is 22.4 Å². The smallest absolute Gasteiger partial charge is 0.295 e. The quantitative estimate of drug-likeness (QED) is 0.745. The first-order chi connectivity index (χ1) is 12.6. The minimum atomic E-state index is -0.336. The molecule has 0 radical (unpaired) electrons. The van der Waals surface area contributed by atoms with Gasteiger partial charge >= 0.3 is 0 Å². The van der Waals surface area contributed by atoms with Crippen LogP contribution in [0.1, 0.15) is 21.6 Å². The Bertz CT molecular complexity index is 993. The summed E-state index contributed by atoms with van der Waals surface area (Å²) in [4.78, 5) is 17.0. The van der Waals surface area contributed by atoms with E-state index in [1.807, 2.05) is 37.3 Å². The van der Waals surface area contributed by atoms with E-state index < -0.39 is 0 Å². The zero-order chi connectivity index (χ0) is 18.5. The predicted octanol–water partition coefficient (Wildman–Crippen LogP) is 3.24. The molecular weight excluding hydrogens is 350 g/mol. The Balaban J connectivity index is 1.96. The van der Waals surface area contributed by atoms with Crippen molar-refractivity contribution in [2.45, 2.75) is 13.3 Å². The number of amides is 1. The molecule has 0 saturated carbocycles. The number of nitrogens with zero attached hydrogens (tertiary/aromatic N) is 4. The highest BCUT2D eigenvalue weighted by molar-refractivity contribution is 7.17. The third kappa shape index (κ3) is 3.84. The van der Waals surface area contributed by atoms with E-state index in [0.29, 0.717) is 22.3 Å². The van der Waals surface area contributed by atoms with Gasteiger partial charge in [-0.2, -0.15) is 5.26 Å². The summed E-state index contributed by atoms with van der Waals surface area (Å²) in [7, 11) is 1.49. The average molecular weight is 365 g/mol. The summed E-state index contributed by atoms with van der Waals surface area (Å²) in [5.41, 5.74) is 3.69. The summed E-state index contributed by atoms with van der Waals surface area (Å²) in [6, 6.07) is 11.5. The lowest BCUT2D eigenvalue weighted by Gasteiger charge is -2.10. The molecule has 2 heterocycles. The van der Waals surface area contributed by atoms with Gasteiger partial charge in [0, 0.05) is 11.9 Å². The van der Waals surface area contributed by atoms with Crippen molar-refractivity contribution in [1.29, 1.82) is 5.26 Å². The number of anilines is 1. The fourth-order valence-corrected chi connectivity index (χ4v) is 2.98. The Morgan fingerprint density at radius 2 is 2.19 bits per heavy atom. The highest BCUT2D eigenvalue weighted by atomic mass is 32.1. The van der Waals surface area contributed by atoms with E-state index in [-0.39, 0.29) is 5.91 Å². The second-order valence-electron chi connectivity index (χ2n) is 5.44. The highest BCUT2D eigenvalue weighted by Crippen LogP contribution is 2.27. The van der Waals surface area contributed by atoms with Crippen LogP contribution in [0.4, 0.5) is 5.13 Å². The normalized spacial score (nSPS) is 10.2. The summed E-state index contributed by atoms with van der Waals surface area (Å²) in [6.45, 7) is 1.86. The predicted molar refractivity (Wildman–Crippen MR) is 98.1 cm³/mol. The fraction of sp³-hybridized carbons (Fsp3) is 0.167. The number of rotatable bonds is 5. The standard InChI is InChI=1S/C18H15N5O2S/c1-11-8-14(13-5-3-4-12(9-13)6-7-19)15(10-20-11)16(24)21-17-22-23-18(25-2)26-17/h3-5,8-10H,6H2,1-2H3,(H,21,22,24). The van der Waals surface area contributed by atoms with Gasteiger partial charge in [0.1, 0.15) is 0 Å². The third-order valence-electron chi connectivity index (χ3n) is 3.61. The molecule has 3 rings (SSSR count). The van der Waals surface area contributed by atoms with Crippen LogP contribution in [-0.4, -0.2) is 28.2 Å². The molecule has 0 aliphatic rings. The molecule has 8 heteroatoms. The largest absolute Gasteiger partial charge is 0.472 e. The first kappa shape index (κ1) is 17.5. The zero-order valence-electron chi connectivity index (χ0n) is 14.2. The van der Waals surface area contributed by atoms with Gasteiger partial charge in [-0.1, -0.05) is 29.4 Å². The number of aryl methyl sites for hydroxylation is 1. The van der Waals surface area contributed by atoms with Crippen LogP contribution >= 0.6 is 11.3 Å². The van der Waals surface area contributed by atoms with Gasteiger partial charge in [0.15, 0.2) is 0 Å². The Morgan fingerprint density at radius 1 is 1.35 bits per heavy atom. The molecule has 2 aromatic heterocycles. The monoisotopic (exact) mass is 365 g/mol. The van der Waals surface area contributed by atoms with Crippen molar-refractivity contribution < 1.29 is 9.53 Å². The SMILES string of the molecule is COc1nnc(NC(=O)c2cnc(C)cc2-c2cccc(CC#N)c2)s1. The Morgan fingerprint density at radius 3 is 2.92 bits per heavy atom. The first-order valence-electron chi connectivity index (χ1n) is 7.72. The summed E-state index contributed by atoms with van der Waals surface area (Å²) in [5, 5.41) is 20.0. The van der Waals surface area contributed by atoms with Gasteiger partial charge in [-0.05, 0) is 41.0 Å². The number of hydrogen-bond acceptors (Lipinski definition) is 7. The number of nitriles is 1. The molecule has 1 N–H and O–H groups in total. The molecular formula is C18H15N5O2S. The molecule has 1 amide bonds. The van der Waals surface area contributed by atoms with Gasteiger partial charge in [-0.25, -0.2) is 0 Å². The second-order valence-corrected chi connectivity index (χ2v) is 6.38. The van der Waals surface area contributed by atoms with Gasteiger partial charge in [0.2, 0.25) is 5.13 Å². The van der Waals surface area contributed by atoms with Crippen LogP contribution < -0.4 is 10.1 Å². The molecule has 0 saturated heterocycles. The summed E-state index contributed by atoms with van der Waals surface area (Å²) >= 11 is 1.14. The molecule has 0 aliphatic carbocycles. The average Bonchev–Trinajstić information content (AvgIpc) is 3.09. The Kier molecular flexibility index (Phi) is 5.20. The molecule has 0 bridgehead atoms. The number of benzene rings is 1. The minimum absolute atomic E-state index is 0.310. The molecule has 7 nitrogen and oxygen atoms in total. The first-order valence-corrected chi connectivity index (χ1v) is 8.54. The summed E-state index contributed by atoms with van der Waals surface area (Å²) in [5.74, 6) is -0.336. The van der Waals surface area contributed by atoms with Gasteiger partial charge in [-0.15, -0.1) is 5.10 Å². The maximum atomic E-state index is 12.7. The number of methoxy groups -OCH3 is 1. The maximum absolute atomic E-state index is 12.7. The number of pyridine rings is 1. The van der Waals surface area contributed by atoms with E-state index in [1.54, 1.807) is 0 Å². The number of carbonyl (C=O) groups excluding carboxylic acids is 1. The molecule has 3 aromatic rings. The van der Waals surface area contributed by atoms with Crippen molar-refractivity contribution in [3.05, 3.63) is 53.3 Å². The molecule has 0 aliphatic heterocycles. The summed E-state index contributed by atoms with van der Waals surface area (Å²) < 4.78 is 4.98. The van der Waals surface area contributed by atoms with E-state index in [0.717, 1.165) is 33.7 Å². The van der Waals surface area contributed by atoms with Gasteiger partial charge < -0.3 is 4.74 Å². The lowest BCUT2D eigenvalue weighted by atomic mass is 9.98. The third-order valence-corrected chi connectivity index (χ3v) is 4.41. The van der Waals surface area contributed by atoms with E-state index in [4.69, 9.17) is 10.00 Å². The number of carbonyl (C=O) groups is 1. The van der Waals surface area contributed by atoms with Crippen molar-refractivity contribution in [1.82, 2.24) is 15.2 Å². The van der Waals surface area contributed by atoms with Crippen LogP contribution in [-0.2, 0) is 6.42 Å². The number of ether oxygens (including phenoxy) is 1. The molecule has 0 atom stereocenters. The lowest BCUT2D eigenvalue weighted by Crippen LogP contribution is -2.14. The fourth-order valence-electron chi connectivity index (χ4n) is 2.43. The van der Waals surface area contributed by atoms with E-state index in [1.165, 1.54) is 13.3 Å². The topological polar surface area (TPSA) is 101 Å². The molecule has 1 aromatic carbocycles. The summed E-state index contributed by atoms with van der Waals surface area (Å²) in [6.07, 6.45) is 1.85. The molecule has 0 fully saturated rings. The van der Waals surface area contributed by atoms with Crippen LogP contribution in [0.25, 0.3) is 11.1 Å². The molecule has 0 unspecified atom stereocenters. The highest BCUT2D eigenvalue weighted by Gasteiger charge is 2.16. The lowest BCUT2D eigenvalue weighted by molar-refractivity contribution is 0.102. The maximum Gasteiger partial charge on any atom is 0.295 e. The number of hydrogen-bond donors (Lipinski definition) is 1. The van der Waals surface area contributed by atoms with Gasteiger partial charge in [-0.3, -0.25) is 15.1 Å². The van der Waals surface area contributed by atoms with Crippen molar-refractivity contribution in [3.63, 3.8) is 0 Å². The van der Waals surface area contributed by atoms with Crippen LogP contribution in [0.2, 0.25) is 0 Å². The molecule has 130 valence electrons.